The lowest BCUT2D eigenvalue weighted by molar-refractivity contribution is 0.415. The molecule has 4 heteroatoms. The monoisotopic (exact) mass is 267 g/mol. The molecule has 1 aromatic carbocycles. The van der Waals surface area contributed by atoms with Gasteiger partial charge in [-0.15, -0.1) is 11.3 Å². The molecule has 1 atom stereocenters. The smallest absolute Gasteiger partial charge is 0.120 e. The molecule has 1 unspecified atom stereocenters. The molecule has 1 N–H and O–H groups in total. The second-order valence-electron chi connectivity index (χ2n) is 3.78. The van der Waals surface area contributed by atoms with Gasteiger partial charge in [-0.1, -0.05) is 17.7 Å². The summed E-state index contributed by atoms with van der Waals surface area (Å²) in [5.74, 6) is 0.852. The van der Waals surface area contributed by atoms with Gasteiger partial charge in [0.2, 0.25) is 0 Å². The summed E-state index contributed by atoms with van der Waals surface area (Å²) in [6, 6.07) is 10.1. The molecule has 2 nitrogen and oxygen atoms in total. The van der Waals surface area contributed by atoms with Crippen LogP contribution in [0.15, 0.2) is 35.7 Å². The van der Waals surface area contributed by atoms with Crippen molar-refractivity contribution in [3.8, 4) is 5.75 Å². The van der Waals surface area contributed by atoms with E-state index in [0.29, 0.717) is 0 Å². The Morgan fingerprint density at radius 2 is 2.18 bits per heavy atom. The minimum Gasteiger partial charge on any atom is -0.497 e. The molecule has 0 amide bonds. The Labute approximate surface area is 110 Å². The Balaban J connectivity index is 2.09. The number of thiophene rings is 1. The largest absolute Gasteiger partial charge is 0.497 e. The van der Waals surface area contributed by atoms with Gasteiger partial charge < -0.3 is 10.1 Å². The van der Waals surface area contributed by atoms with Crippen LogP contribution < -0.4 is 10.1 Å². The van der Waals surface area contributed by atoms with Crippen LogP contribution in [0.4, 0.5) is 5.69 Å². The Morgan fingerprint density at radius 1 is 1.35 bits per heavy atom. The van der Waals surface area contributed by atoms with Crippen molar-refractivity contribution < 1.29 is 4.74 Å². The molecule has 1 heterocycles. The molecule has 90 valence electrons. The van der Waals surface area contributed by atoms with Crippen molar-refractivity contribution in [3.05, 3.63) is 45.6 Å². The van der Waals surface area contributed by atoms with Gasteiger partial charge in [0.25, 0.3) is 0 Å². The molecule has 2 rings (SSSR count). The maximum atomic E-state index is 5.93. The van der Waals surface area contributed by atoms with Gasteiger partial charge in [0, 0.05) is 17.8 Å². The van der Waals surface area contributed by atoms with Crippen LogP contribution in [0.3, 0.4) is 0 Å². The van der Waals surface area contributed by atoms with E-state index in [4.69, 9.17) is 16.3 Å². The van der Waals surface area contributed by atoms with Gasteiger partial charge in [-0.05, 0) is 36.1 Å². The van der Waals surface area contributed by atoms with Gasteiger partial charge in [-0.2, -0.15) is 0 Å². The van der Waals surface area contributed by atoms with E-state index in [1.54, 1.807) is 18.4 Å². The van der Waals surface area contributed by atoms with Crippen molar-refractivity contribution in [2.24, 2.45) is 0 Å². The molecule has 0 bridgehead atoms. The first-order valence-corrected chi connectivity index (χ1v) is 6.59. The highest BCUT2D eigenvalue weighted by atomic mass is 35.5. The normalized spacial score (nSPS) is 12.2. The van der Waals surface area contributed by atoms with Crippen LogP contribution in [0.1, 0.15) is 18.5 Å². The van der Waals surface area contributed by atoms with Crippen molar-refractivity contribution in [2.75, 3.05) is 12.4 Å². The summed E-state index contributed by atoms with van der Waals surface area (Å²) in [6.45, 7) is 2.11. The van der Waals surface area contributed by atoms with Gasteiger partial charge >= 0.3 is 0 Å². The van der Waals surface area contributed by atoms with Crippen molar-refractivity contribution in [3.63, 3.8) is 0 Å². The average Bonchev–Trinajstić information content (AvgIpc) is 2.76. The van der Waals surface area contributed by atoms with Gasteiger partial charge in [0.1, 0.15) is 5.75 Å². The molecule has 0 fully saturated rings. The van der Waals surface area contributed by atoms with Gasteiger partial charge in [-0.25, -0.2) is 0 Å². The standard InChI is InChI=1S/C13H14ClNOS/c1-9(10-6-13(14)17-8-10)15-11-4-3-5-12(7-11)16-2/h3-9,15H,1-2H3. The van der Waals surface area contributed by atoms with E-state index >= 15 is 0 Å². The Hall–Kier alpha value is -1.19. The Bertz CT molecular complexity index is 498. The van der Waals surface area contributed by atoms with E-state index in [2.05, 4.69) is 17.6 Å². The predicted molar refractivity (Wildman–Crippen MR) is 74.4 cm³/mol. The second kappa shape index (κ2) is 5.43. The van der Waals surface area contributed by atoms with Crippen LogP contribution in [0.5, 0.6) is 5.75 Å². The van der Waals surface area contributed by atoms with E-state index in [1.807, 2.05) is 30.3 Å². The van der Waals surface area contributed by atoms with Crippen molar-refractivity contribution >= 4 is 28.6 Å². The fourth-order valence-electron chi connectivity index (χ4n) is 1.60. The zero-order chi connectivity index (χ0) is 12.3. The van der Waals surface area contributed by atoms with E-state index in [9.17, 15) is 0 Å². The highest BCUT2D eigenvalue weighted by Gasteiger charge is 2.07. The number of halogens is 1. The van der Waals surface area contributed by atoms with Crippen LogP contribution in [-0.4, -0.2) is 7.11 Å². The number of benzene rings is 1. The van der Waals surface area contributed by atoms with Crippen LogP contribution in [0, 0.1) is 0 Å². The van der Waals surface area contributed by atoms with Gasteiger partial charge in [-0.3, -0.25) is 0 Å². The number of anilines is 1. The third-order valence-electron chi connectivity index (χ3n) is 2.54. The first kappa shape index (κ1) is 12.3. The van der Waals surface area contributed by atoms with Crippen LogP contribution in [0.2, 0.25) is 4.34 Å². The fraction of sp³-hybridized carbons (Fsp3) is 0.231. The highest BCUT2D eigenvalue weighted by Crippen LogP contribution is 2.27. The molecule has 17 heavy (non-hydrogen) atoms. The third kappa shape index (κ3) is 3.14. The van der Waals surface area contributed by atoms with Gasteiger partial charge in [0.05, 0.1) is 11.4 Å². The number of methoxy groups -OCH3 is 1. The zero-order valence-electron chi connectivity index (χ0n) is 9.74. The van der Waals surface area contributed by atoms with Crippen LogP contribution in [-0.2, 0) is 0 Å². The van der Waals surface area contributed by atoms with Crippen molar-refractivity contribution in [1.29, 1.82) is 0 Å². The zero-order valence-corrected chi connectivity index (χ0v) is 11.3. The minimum absolute atomic E-state index is 0.228. The van der Waals surface area contributed by atoms with E-state index in [1.165, 1.54) is 5.56 Å². The number of rotatable bonds is 4. The molecule has 0 aliphatic carbocycles. The SMILES string of the molecule is COc1cccc(NC(C)c2csc(Cl)c2)c1. The number of nitrogens with one attached hydrogen (secondary N) is 1. The summed E-state index contributed by atoms with van der Waals surface area (Å²) in [7, 11) is 1.67. The fourth-order valence-corrected chi connectivity index (χ4v) is 2.58. The Morgan fingerprint density at radius 3 is 2.82 bits per heavy atom. The lowest BCUT2D eigenvalue weighted by atomic mass is 10.1. The first-order chi connectivity index (χ1) is 8.19. The molecule has 2 aromatic rings. The lowest BCUT2D eigenvalue weighted by Gasteiger charge is -2.14. The maximum Gasteiger partial charge on any atom is 0.120 e. The topological polar surface area (TPSA) is 21.3 Å². The van der Waals surface area contributed by atoms with Crippen LogP contribution in [0.25, 0.3) is 0 Å². The van der Waals surface area contributed by atoms with E-state index < -0.39 is 0 Å². The predicted octanol–water partition coefficient (Wildman–Crippen LogP) is 4.58. The van der Waals surface area contributed by atoms with Crippen LogP contribution >= 0.6 is 22.9 Å². The van der Waals surface area contributed by atoms with Crippen molar-refractivity contribution in [2.45, 2.75) is 13.0 Å². The maximum absolute atomic E-state index is 5.93. The summed E-state index contributed by atoms with van der Waals surface area (Å²) in [5.41, 5.74) is 2.24. The molecular weight excluding hydrogens is 254 g/mol. The second-order valence-corrected chi connectivity index (χ2v) is 5.32. The molecule has 0 saturated carbocycles. The number of hydrogen-bond donors (Lipinski definition) is 1. The first-order valence-electron chi connectivity index (χ1n) is 5.33. The number of hydrogen-bond acceptors (Lipinski definition) is 3. The van der Waals surface area contributed by atoms with Gasteiger partial charge in [0.15, 0.2) is 0 Å². The quantitative estimate of drug-likeness (QED) is 0.875. The summed E-state index contributed by atoms with van der Waals surface area (Å²) < 4.78 is 6.01. The molecule has 0 aliphatic heterocycles. The average molecular weight is 268 g/mol. The summed E-state index contributed by atoms with van der Waals surface area (Å²) in [4.78, 5) is 0. The van der Waals surface area contributed by atoms with E-state index in [0.717, 1.165) is 15.8 Å². The summed E-state index contributed by atoms with van der Waals surface area (Å²) >= 11 is 7.48. The minimum atomic E-state index is 0.228. The summed E-state index contributed by atoms with van der Waals surface area (Å²) in [6.07, 6.45) is 0. The Kier molecular flexibility index (Phi) is 3.92. The molecule has 1 aromatic heterocycles. The molecular formula is C13H14ClNOS. The van der Waals surface area contributed by atoms with E-state index in [-0.39, 0.29) is 6.04 Å². The molecule has 0 radical (unpaired) electrons. The molecule has 0 saturated heterocycles. The lowest BCUT2D eigenvalue weighted by Crippen LogP contribution is -2.05. The molecule has 0 aliphatic rings. The third-order valence-corrected chi connectivity index (χ3v) is 3.65. The summed E-state index contributed by atoms with van der Waals surface area (Å²) in [5, 5.41) is 5.48. The highest BCUT2D eigenvalue weighted by molar-refractivity contribution is 7.14. The number of ether oxygens (including phenoxy) is 1. The molecule has 0 spiro atoms. The van der Waals surface area contributed by atoms with Crippen molar-refractivity contribution in [1.82, 2.24) is 0 Å².